The van der Waals surface area contributed by atoms with Gasteiger partial charge < -0.3 is 5.32 Å². The molecule has 0 fully saturated rings. The molecule has 8 heteroatoms. The number of nitro groups is 1. The fourth-order valence-corrected chi connectivity index (χ4v) is 2.47. The summed E-state index contributed by atoms with van der Waals surface area (Å²) < 4.78 is 27.2. The minimum Gasteiger partial charge on any atom is -0.345 e. The van der Waals surface area contributed by atoms with Gasteiger partial charge in [-0.2, -0.15) is 4.39 Å². The van der Waals surface area contributed by atoms with Gasteiger partial charge in [0.15, 0.2) is 0 Å². The summed E-state index contributed by atoms with van der Waals surface area (Å²) >= 11 is 1.41. The summed E-state index contributed by atoms with van der Waals surface area (Å²) in [6, 6.07) is 4.15. The average Bonchev–Trinajstić information content (AvgIpc) is 2.94. The van der Waals surface area contributed by atoms with E-state index in [9.17, 15) is 23.7 Å². The van der Waals surface area contributed by atoms with Gasteiger partial charge in [0.25, 0.3) is 5.91 Å². The number of hydrogen-bond donors (Lipinski definition) is 1. The Morgan fingerprint density at radius 2 is 2.10 bits per heavy atom. The van der Waals surface area contributed by atoms with Gasteiger partial charge in [-0.15, -0.1) is 11.3 Å². The van der Waals surface area contributed by atoms with Crippen LogP contribution < -0.4 is 5.32 Å². The Morgan fingerprint density at radius 1 is 1.38 bits per heavy atom. The van der Waals surface area contributed by atoms with Crippen molar-refractivity contribution in [1.82, 2.24) is 5.32 Å². The first-order chi connectivity index (χ1) is 9.90. The summed E-state index contributed by atoms with van der Waals surface area (Å²) in [5.74, 6) is -3.23. The van der Waals surface area contributed by atoms with E-state index >= 15 is 0 Å². The number of nitrogens with one attached hydrogen (secondary N) is 1. The second kappa shape index (κ2) is 5.96. The number of thiophene rings is 1. The predicted molar refractivity (Wildman–Crippen MR) is 73.2 cm³/mol. The van der Waals surface area contributed by atoms with E-state index in [1.165, 1.54) is 11.3 Å². The van der Waals surface area contributed by atoms with Crippen molar-refractivity contribution < 1.29 is 18.5 Å². The monoisotopic (exact) mass is 312 g/mol. The molecule has 1 heterocycles. The molecule has 110 valence electrons. The molecule has 2 rings (SSSR count). The van der Waals surface area contributed by atoms with Crippen molar-refractivity contribution in [2.24, 2.45) is 0 Å². The molecular weight excluding hydrogens is 302 g/mol. The second-order valence-corrected chi connectivity index (χ2v) is 5.23. The van der Waals surface area contributed by atoms with Crippen LogP contribution in [0.2, 0.25) is 0 Å². The number of rotatable bonds is 4. The molecule has 0 bridgehead atoms. The van der Waals surface area contributed by atoms with Gasteiger partial charge in [-0.05, 0) is 24.4 Å². The highest BCUT2D eigenvalue weighted by Crippen LogP contribution is 2.23. The molecule has 0 aliphatic heterocycles. The van der Waals surface area contributed by atoms with Crippen LogP contribution in [0.1, 0.15) is 28.2 Å². The van der Waals surface area contributed by atoms with Crippen molar-refractivity contribution in [2.75, 3.05) is 0 Å². The highest BCUT2D eigenvalue weighted by molar-refractivity contribution is 7.10. The third-order valence-electron chi connectivity index (χ3n) is 2.80. The maximum Gasteiger partial charge on any atom is 0.307 e. The van der Waals surface area contributed by atoms with Crippen LogP contribution in [-0.2, 0) is 0 Å². The number of carbonyl (C=O) groups excluding carboxylic acids is 1. The molecule has 1 unspecified atom stereocenters. The molecule has 0 saturated heterocycles. The average molecular weight is 312 g/mol. The Morgan fingerprint density at radius 3 is 2.67 bits per heavy atom. The molecule has 0 spiro atoms. The quantitative estimate of drug-likeness (QED) is 0.694. The highest BCUT2D eigenvalue weighted by atomic mass is 32.1. The first-order valence-corrected chi connectivity index (χ1v) is 6.76. The Bertz CT molecular complexity index is 689. The van der Waals surface area contributed by atoms with Crippen molar-refractivity contribution in [2.45, 2.75) is 13.0 Å². The van der Waals surface area contributed by atoms with E-state index in [1.807, 2.05) is 5.38 Å². The van der Waals surface area contributed by atoms with Crippen LogP contribution in [-0.4, -0.2) is 10.8 Å². The molecule has 1 atom stereocenters. The zero-order chi connectivity index (χ0) is 15.6. The number of nitro benzene ring substituents is 1. The van der Waals surface area contributed by atoms with Crippen molar-refractivity contribution >= 4 is 22.9 Å². The minimum atomic E-state index is -1.25. The van der Waals surface area contributed by atoms with Crippen LogP contribution in [0.5, 0.6) is 0 Å². The van der Waals surface area contributed by atoms with Crippen LogP contribution in [0.15, 0.2) is 29.6 Å². The van der Waals surface area contributed by atoms with Gasteiger partial charge in [0.2, 0.25) is 5.82 Å². The molecular formula is C13H10F2N2O3S. The lowest BCUT2D eigenvalue weighted by Gasteiger charge is -2.12. The molecule has 2 aromatic rings. The Kier molecular flexibility index (Phi) is 4.27. The number of carbonyl (C=O) groups is 1. The van der Waals surface area contributed by atoms with Gasteiger partial charge in [-0.3, -0.25) is 14.9 Å². The molecule has 0 aliphatic carbocycles. The van der Waals surface area contributed by atoms with Gasteiger partial charge in [-0.1, -0.05) is 6.07 Å². The van der Waals surface area contributed by atoms with E-state index in [4.69, 9.17) is 0 Å². The molecule has 0 aliphatic rings. The highest BCUT2D eigenvalue weighted by Gasteiger charge is 2.23. The smallest absolute Gasteiger partial charge is 0.307 e. The summed E-state index contributed by atoms with van der Waals surface area (Å²) in [5.41, 5.74) is -1.57. The number of hydrogen-bond acceptors (Lipinski definition) is 4. The largest absolute Gasteiger partial charge is 0.345 e. The second-order valence-electron chi connectivity index (χ2n) is 4.25. The van der Waals surface area contributed by atoms with E-state index in [-0.39, 0.29) is 6.04 Å². The van der Waals surface area contributed by atoms with Crippen LogP contribution >= 0.6 is 11.3 Å². The topological polar surface area (TPSA) is 72.2 Å². The molecule has 1 aromatic heterocycles. The van der Waals surface area contributed by atoms with Crippen molar-refractivity contribution in [3.05, 3.63) is 61.8 Å². The zero-order valence-electron chi connectivity index (χ0n) is 10.8. The Balaban J connectivity index is 2.24. The fraction of sp³-hybridized carbons (Fsp3) is 0.154. The van der Waals surface area contributed by atoms with E-state index < -0.39 is 33.7 Å². The third-order valence-corrected chi connectivity index (χ3v) is 3.85. The molecule has 1 aromatic carbocycles. The third kappa shape index (κ3) is 3.22. The van der Waals surface area contributed by atoms with E-state index in [1.54, 1.807) is 19.1 Å². The van der Waals surface area contributed by atoms with Crippen molar-refractivity contribution in [1.29, 1.82) is 0 Å². The maximum atomic E-state index is 13.7. The summed E-state index contributed by atoms with van der Waals surface area (Å²) in [7, 11) is 0. The van der Waals surface area contributed by atoms with Gasteiger partial charge in [-0.25, -0.2) is 4.39 Å². The van der Waals surface area contributed by atoms with Crippen LogP contribution in [0, 0.1) is 21.7 Å². The summed E-state index contributed by atoms with van der Waals surface area (Å²) in [6.07, 6.45) is 0. The number of halogens is 2. The van der Waals surface area contributed by atoms with Crippen LogP contribution in [0.3, 0.4) is 0 Å². The lowest BCUT2D eigenvalue weighted by atomic mass is 10.1. The molecule has 1 N–H and O–H groups in total. The van der Waals surface area contributed by atoms with Gasteiger partial charge in [0.1, 0.15) is 5.82 Å². The number of amides is 1. The Hall–Kier alpha value is -2.35. The number of nitrogens with zero attached hydrogens (tertiary/aromatic N) is 1. The van der Waals surface area contributed by atoms with Crippen LogP contribution in [0.25, 0.3) is 0 Å². The maximum absolute atomic E-state index is 13.7. The number of benzene rings is 1. The zero-order valence-corrected chi connectivity index (χ0v) is 11.6. The first-order valence-electron chi connectivity index (χ1n) is 5.88. The van der Waals surface area contributed by atoms with Crippen LogP contribution in [0.4, 0.5) is 14.5 Å². The fourth-order valence-electron chi connectivity index (χ4n) is 1.73. The molecule has 5 nitrogen and oxygen atoms in total. The Labute approximate surface area is 122 Å². The molecule has 21 heavy (non-hydrogen) atoms. The minimum absolute atomic E-state index is 0.379. The standard InChI is InChI=1S/C13H10F2N2O3S/c1-7(12-3-2-4-21-12)16-13(18)8-5-10(15)11(17(19)20)6-9(8)14/h2-7H,1H3,(H,16,18). The summed E-state index contributed by atoms with van der Waals surface area (Å²) in [6.45, 7) is 1.70. The molecule has 0 radical (unpaired) electrons. The van der Waals surface area contributed by atoms with Gasteiger partial charge in [0, 0.05) is 4.88 Å². The van der Waals surface area contributed by atoms with E-state index in [0.29, 0.717) is 12.1 Å². The first kappa shape index (κ1) is 15.0. The lowest BCUT2D eigenvalue weighted by molar-refractivity contribution is -0.387. The van der Waals surface area contributed by atoms with Gasteiger partial charge >= 0.3 is 5.69 Å². The van der Waals surface area contributed by atoms with E-state index in [2.05, 4.69) is 5.32 Å². The summed E-state index contributed by atoms with van der Waals surface area (Å²) in [5, 5.41) is 14.8. The molecule has 1 amide bonds. The molecule has 0 saturated carbocycles. The SMILES string of the molecule is CC(NC(=O)c1cc(F)c([N+](=O)[O-])cc1F)c1cccs1. The predicted octanol–water partition coefficient (Wildman–Crippen LogP) is 3.43. The summed E-state index contributed by atoms with van der Waals surface area (Å²) in [4.78, 5) is 22.2. The normalized spacial score (nSPS) is 12.0. The van der Waals surface area contributed by atoms with Crippen molar-refractivity contribution in [3.8, 4) is 0 Å². The van der Waals surface area contributed by atoms with E-state index in [0.717, 1.165) is 4.88 Å². The van der Waals surface area contributed by atoms with Gasteiger partial charge in [0.05, 0.1) is 22.6 Å². The van der Waals surface area contributed by atoms with Crippen molar-refractivity contribution in [3.63, 3.8) is 0 Å². The lowest BCUT2D eigenvalue weighted by Crippen LogP contribution is -2.27.